The van der Waals surface area contributed by atoms with Gasteiger partial charge in [0, 0.05) is 212 Å². The Morgan fingerprint density at radius 3 is 0.345 bits per heavy atom. The molecule has 0 aliphatic carbocycles. The quantitative estimate of drug-likeness (QED) is 0.0510. The topological polar surface area (TPSA) is 332 Å². The average Bonchev–Trinajstić information content (AvgIpc) is 0.809. The molecule has 0 aliphatic heterocycles. The highest BCUT2D eigenvalue weighted by molar-refractivity contribution is 8.43. The molecule has 36 nitrogen and oxygen atoms in total. The van der Waals surface area contributed by atoms with E-state index in [1.807, 2.05) is 0 Å². The van der Waals surface area contributed by atoms with E-state index in [2.05, 4.69) is 223 Å². The van der Waals surface area contributed by atoms with Gasteiger partial charge in [-0.05, 0) is 0 Å². The maximum atomic E-state index is 7.94. The van der Waals surface area contributed by atoms with Crippen molar-refractivity contribution in [3.05, 3.63) is 0 Å². The zero-order valence-electron chi connectivity index (χ0n) is 52.4. The second-order valence-corrected chi connectivity index (χ2v) is 95.2. The molecule has 0 amide bonds. The lowest BCUT2D eigenvalue weighted by Crippen LogP contribution is -1.96. The largest absolute Gasteiger partial charge is 0.331 e. The Morgan fingerprint density at radius 1 is 0.109 bits per heavy atom. The van der Waals surface area contributed by atoms with Crippen LogP contribution in [-0.2, 0) is 155 Å². The molecular weight excluding hydrogens is 2870 g/mol. The van der Waals surface area contributed by atoms with Gasteiger partial charge in [0.05, 0.1) is 0 Å². The van der Waals surface area contributed by atoms with Crippen molar-refractivity contribution in [3.8, 4) is 0 Å². The minimum absolute atomic E-state index is 0.0422. The summed E-state index contributed by atoms with van der Waals surface area (Å²) < 4.78 is 244. The second kappa shape index (κ2) is 102. The highest BCUT2D eigenvalue weighted by Gasteiger charge is 2.55. The Bertz CT molecular complexity index is 1750. The molecule has 0 aromatic rings. The van der Waals surface area contributed by atoms with Crippen LogP contribution in [-0.4, -0.2) is 0 Å². The molecule has 0 saturated carbocycles. The monoisotopic (exact) mass is 2940 g/mol. The second-order valence-electron chi connectivity index (χ2n) is 11.7. The van der Waals surface area contributed by atoms with Gasteiger partial charge in [-0.1, -0.05) is 223 Å². The fraction of sp³-hybridized carbons (Fsp3) is 0. The van der Waals surface area contributed by atoms with Crippen molar-refractivity contribution in [2.24, 2.45) is 0 Å². The van der Waals surface area contributed by atoms with Crippen molar-refractivity contribution < 1.29 is 155 Å². The predicted molar refractivity (Wildman–Crippen MR) is 657 cm³/mol. The van der Waals surface area contributed by atoms with Gasteiger partial charge in [-0.15, -0.1) is 0 Å². The van der Waals surface area contributed by atoms with Crippen molar-refractivity contribution >= 4 is 630 Å². The lowest BCUT2D eigenvalue weighted by Gasteiger charge is -2.38. The highest BCUT2D eigenvalue weighted by atomic mass is 32.2. The Morgan fingerprint density at radius 2 is 0.218 bits per heavy atom. The fourth-order valence-electron chi connectivity index (χ4n) is 3.62. The first-order valence-corrected chi connectivity index (χ1v) is 128. The molecule has 0 heterocycles. The summed E-state index contributed by atoms with van der Waals surface area (Å²) >= 11 is 0. The Balaban J connectivity index is 11.6. The van der Waals surface area contributed by atoms with Crippen LogP contribution in [0.25, 0.3) is 0 Å². The lowest BCUT2D eigenvalue weighted by molar-refractivity contribution is 0.436. The molecule has 0 bridgehead atoms. The van der Waals surface area contributed by atoms with Crippen LogP contribution in [0.4, 0.5) is 0 Å². The van der Waals surface area contributed by atoms with E-state index in [0.717, 1.165) is 0 Å². The van der Waals surface area contributed by atoms with E-state index in [-0.39, 0.29) is 221 Å². The van der Waals surface area contributed by atoms with Gasteiger partial charge in [0.2, 0.25) is 8.06 Å². The van der Waals surface area contributed by atoms with E-state index in [0.29, 0.717) is 0 Å². The van der Waals surface area contributed by atoms with Gasteiger partial charge in [-0.25, -0.2) is 0 Å². The van der Waals surface area contributed by atoms with Crippen LogP contribution in [0, 0.1) is 0 Å². The van der Waals surface area contributed by atoms with Gasteiger partial charge in [0.15, 0.2) is 0 Å². The third-order valence-electron chi connectivity index (χ3n) is 6.33. The molecule has 110 heavy (non-hydrogen) atoms. The molecule has 0 rings (SSSR count). The SMILES string of the molecule is PPOPP(OPP)OP(OP(OP(OPP)P(OPP)OPP)P(OP(OP(OPP)P(OPP)OPP)P(OP(OPP)P(OPP)OPP)OP(OPP)P(OPP)OPP)OP(OP(OPP)P(OPP)OPP)P(OP(OPP)P(OPP)OPP)OP(OPP)P(OPP)OPP)P(OPP)OPP. The van der Waals surface area contributed by atoms with E-state index in [1.165, 1.54) is 0 Å². The highest BCUT2D eigenvalue weighted by Crippen LogP contribution is 3.04. The number of hydrogen-bond acceptors (Lipinski definition) is 36. The minimum atomic E-state index is -3.28. The van der Waals surface area contributed by atoms with E-state index in [9.17, 15) is 0 Å². The molecule has 63 unspecified atom stereocenters. The van der Waals surface area contributed by atoms with E-state index in [4.69, 9.17) is 155 Å². The summed E-state index contributed by atoms with van der Waals surface area (Å²) in [5.74, 6) is 0. The van der Waals surface area contributed by atoms with E-state index >= 15 is 0 Å². The van der Waals surface area contributed by atoms with E-state index in [1.54, 1.807) is 0 Å². The molecule has 110 heteroatoms. The third-order valence-corrected chi connectivity index (χ3v) is 114. The number of hydrogen-bond donors (Lipinski definition) is 0. The predicted octanol–water partition coefficient (Wildman–Crippen LogP) is 40.9. The van der Waals surface area contributed by atoms with Gasteiger partial charge in [0.1, 0.15) is 8.50 Å². The summed E-state index contributed by atoms with van der Waals surface area (Å²) in [5, 5.41) is 0. The molecule has 0 aromatic carbocycles. The smallest absolute Gasteiger partial charge is 0.268 e. The molecular formula is H76O36P74. The fourth-order valence-corrected chi connectivity index (χ4v) is 137. The maximum Gasteiger partial charge on any atom is 0.268 e. The van der Waals surface area contributed by atoms with Crippen LogP contribution < -0.4 is 0 Å². The molecule has 0 aromatic heterocycles. The first-order chi connectivity index (χ1) is 53.5. The van der Waals surface area contributed by atoms with Gasteiger partial charge < -0.3 is 108 Å². The van der Waals surface area contributed by atoms with Crippen molar-refractivity contribution in [1.82, 2.24) is 0 Å². The minimum Gasteiger partial charge on any atom is -0.331 e. The normalized spacial score (nSPS) is 21.6. The van der Waals surface area contributed by atoms with Crippen molar-refractivity contribution in [2.75, 3.05) is 0 Å². The molecule has 0 fully saturated rings. The summed E-state index contributed by atoms with van der Waals surface area (Å²) in [6, 6.07) is 0. The van der Waals surface area contributed by atoms with Gasteiger partial charge in [0.25, 0.3) is 177 Å². The van der Waals surface area contributed by atoms with Crippen molar-refractivity contribution in [2.45, 2.75) is 0 Å². The summed E-state index contributed by atoms with van der Waals surface area (Å²) in [6.45, 7) is 0. The van der Waals surface area contributed by atoms with Crippen LogP contribution >= 0.6 is 630 Å². The Kier molecular flexibility index (Phi) is 131. The van der Waals surface area contributed by atoms with Crippen LogP contribution in [0.5, 0.6) is 0 Å². The zero-order valence-corrected chi connectivity index (χ0v) is 128. The third kappa shape index (κ3) is 69.1. The average molecular weight is 2940 g/mol. The first-order valence-electron chi connectivity index (χ1n) is 23.3. The molecule has 63 atom stereocenters. The summed E-state index contributed by atoms with van der Waals surface area (Å²) in [7, 11) is 1.60. The van der Waals surface area contributed by atoms with Crippen LogP contribution in [0.15, 0.2) is 0 Å². The molecule has 0 radical (unpaired) electrons. The van der Waals surface area contributed by atoms with Crippen LogP contribution in [0.2, 0.25) is 0 Å². The Hall–Kier alpha value is 30.4. The Labute approximate surface area is 775 Å². The van der Waals surface area contributed by atoms with Gasteiger partial charge in [-0.2, -0.15) is 0 Å². The number of rotatable bonds is 84. The molecule has 0 spiro atoms. The standard InChI is InChI=1S/H76O36P74/c37-62-1-87-88(2-63-38)26-104(96(17-78-53)18-79-54)34-107(31-101(23-84-59)93(11-72-47)12-73-48)110(35-108(32-102(24-85-60)94(13-74-49)14-75-50)105(27-97(19-80-55)89(3-64-39)4-65-40)28-98(20-81-56)90(5-66-41)6-67-42)36-109(33-103(25-86-61)95(15-76-51)16-77-52)106(29-99(21-82-57)91(7-68-43)8-69-44)30-100(22-83-58)92(9-70-45)10-71-46/h62-87H,37-61H2. The van der Waals surface area contributed by atoms with Crippen LogP contribution in [0.1, 0.15) is 0 Å². The summed E-state index contributed by atoms with van der Waals surface area (Å²) in [5.41, 5.74) is 0. The van der Waals surface area contributed by atoms with Gasteiger partial charge in [-0.3, -0.25) is 47.4 Å². The first kappa shape index (κ1) is 140. The summed E-state index contributed by atoms with van der Waals surface area (Å²) in [6.07, 6.45) is 0. The molecule has 662 valence electrons. The lowest BCUT2D eigenvalue weighted by atomic mass is 15.7. The zero-order chi connectivity index (χ0) is 82.1. The van der Waals surface area contributed by atoms with Crippen LogP contribution in [0.3, 0.4) is 0 Å². The van der Waals surface area contributed by atoms with Gasteiger partial charge >= 0.3 is 0 Å². The molecule has 0 N–H and O–H groups in total. The van der Waals surface area contributed by atoms with Crippen molar-refractivity contribution in [1.29, 1.82) is 0 Å². The molecule has 0 aliphatic rings. The molecule has 0 saturated heterocycles. The maximum absolute atomic E-state index is 7.94. The van der Waals surface area contributed by atoms with E-state index < -0.39 is 185 Å². The van der Waals surface area contributed by atoms with Crippen molar-refractivity contribution in [3.63, 3.8) is 0 Å². The summed E-state index contributed by atoms with van der Waals surface area (Å²) in [4.78, 5) is 0.